The number of likely N-dealkylation sites (N-methyl/N-ethyl adjacent to an activating group) is 1. The number of Topliss-reactive ketones (excluding diaryl/α,β-unsaturated/α-hetero) is 1. The number of hydrogen-bond acceptors (Lipinski definition) is 3. The number of piperidine rings is 1. The largest absolute Gasteiger partial charge is 0.299 e. The quantitative estimate of drug-likeness (QED) is 0.664. The van der Waals surface area contributed by atoms with Crippen molar-refractivity contribution in [2.75, 3.05) is 20.1 Å². The van der Waals surface area contributed by atoms with Crippen LogP contribution in [-0.2, 0) is 4.79 Å². The zero-order valence-corrected chi connectivity index (χ0v) is 8.31. The number of pyridine rings is 1. The molecule has 0 aliphatic carbocycles. The maximum absolute atomic E-state index is 11.7. The molecule has 1 unspecified atom stereocenters. The van der Waals surface area contributed by atoms with Crippen molar-refractivity contribution in [3.63, 3.8) is 0 Å². The van der Waals surface area contributed by atoms with E-state index in [1.54, 1.807) is 12.4 Å². The third kappa shape index (κ3) is 1.82. The molecule has 3 heteroatoms. The van der Waals surface area contributed by atoms with Crippen LogP contribution in [0.3, 0.4) is 0 Å². The van der Waals surface area contributed by atoms with Gasteiger partial charge < -0.3 is 0 Å². The molecule has 0 aromatic carbocycles. The molecule has 1 fully saturated rings. The van der Waals surface area contributed by atoms with Crippen LogP contribution in [0.5, 0.6) is 0 Å². The lowest BCUT2D eigenvalue weighted by molar-refractivity contribution is -0.123. The minimum atomic E-state index is 0.0919. The fraction of sp³-hybridized carbons (Fsp3) is 0.455. The van der Waals surface area contributed by atoms with Crippen LogP contribution >= 0.6 is 0 Å². The van der Waals surface area contributed by atoms with Crippen molar-refractivity contribution in [2.45, 2.75) is 12.3 Å². The summed E-state index contributed by atoms with van der Waals surface area (Å²) in [6, 6.07) is 3.88. The first-order valence-electron chi connectivity index (χ1n) is 4.88. The first-order chi connectivity index (χ1) is 6.77. The zero-order chi connectivity index (χ0) is 9.97. The number of nitrogens with zero attached hydrogens (tertiary/aromatic N) is 2. The topological polar surface area (TPSA) is 33.2 Å². The Bertz CT molecular complexity index is 323. The minimum Gasteiger partial charge on any atom is -0.299 e. The van der Waals surface area contributed by atoms with E-state index in [0.29, 0.717) is 12.3 Å². The van der Waals surface area contributed by atoms with Gasteiger partial charge in [-0.25, -0.2) is 0 Å². The van der Waals surface area contributed by atoms with E-state index in [1.807, 2.05) is 19.2 Å². The Labute approximate surface area is 83.8 Å². The zero-order valence-electron chi connectivity index (χ0n) is 8.31. The summed E-state index contributed by atoms with van der Waals surface area (Å²) < 4.78 is 0. The molecule has 2 rings (SSSR count). The van der Waals surface area contributed by atoms with Gasteiger partial charge in [0.2, 0.25) is 0 Å². The van der Waals surface area contributed by atoms with Gasteiger partial charge in [-0.3, -0.25) is 14.7 Å². The summed E-state index contributed by atoms with van der Waals surface area (Å²) in [5.74, 6) is 0.416. The summed E-state index contributed by atoms with van der Waals surface area (Å²) in [6.45, 7) is 1.58. The number of likely N-dealkylation sites (tertiary alicyclic amines) is 1. The average molecular weight is 190 g/mol. The third-order valence-corrected chi connectivity index (χ3v) is 2.72. The van der Waals surface area contributed by atoms with E-state index in [2.05, 4.69) is 9.88 Å². The Balaban J connectivity index is 2.16. The van der Waals surface area contributed by atoms with Crippen molar-refractivity contribution >= 4 is 5.78 Å². The summed E-state index contributed by atoms with van der Waals surface area (Å²) in [4.78, 5) is 17.8. The number of aromatic nitrogens is 1. The van der Waals surface area contributed by atoms with Gasteiger partial charge in [0.15, 0.2) is 5.78 Å². The smallest absolute Gasteiger partial charge is 0.154 e. The van der Waals surface area contributed by atoms with Gasteiger partial charge in [-0.15, -0.1) is 0 Å². The van der Waals surface area contributed by atoms with Crippen LogP contribution in [-0.4, -0.2) is 35.8 Å². The maximum atomic E-state index is 11.7. The van der Waals surface area contributed by atoms with E-state index in [4.69, 9.17) is 0 Å². The van der Waals surface area contributed by atoms with E-state index in [0.717, 1.165) is 18.5 Å². The summed E-state index contributed by atoms with van der Waals surface area (Å²) in [5, 5.41) is 0. The lowest BCUT2D eigenvalue weighted by Crippen LogP contribution is -2.37. The van der Waals surface area contributed by atoms with Crippen LogP contribution in [0.15, 0.2) is 24.5 Å². The predicted molar refractivity (Wildman–Crippen MR) is 54.1 cm³/mol. The monoisotopic (exact) mass is 190 g/mol. The number of ketones is 1. The van der Waals surface area contributed by atoms with Gasteiger partial charge in [-0.05, 0) is 37.7 Å². The Morgan fingerprint density at radius 1 is 1.43 bits per heavy atom. The van der Waals surface area contributed by atoms with Crippen molar-refractivity contribution in [1.82, 2.24) is 9.88 Å². The molecule has 74 valence electrons. The van der Waals surface area contributed by atoms with Crippen LogP contribution < -0.4 is 0 Å². The number of rotatable bonds is 1. The molecule has 14 heavy (non-hydrogen) atoms. The Morgan fingerprint density at radius 2 is 2.14 bits per heavy atom. The van der Waals surface area contributed by atoms with Gasteiger partial charge in [0.25, 0.3) is 0 Å². The van der Waals surface area contributed by atoms with E-state index in [1.165, 1.54) is 0 Å². The van der Waals surface area contributed by atoms with E-state index >= 15 is 0 Å². The van der Waals surface area contributed by atoms with Crippen molar-refractivity contribution in [1.29, 1.82) is 0 Å². The SMILES string of the molecule is CN1CCC(c2ccncc2)C(=O)C1. The highest BCUT2D eigenvalue weighted by atomic mass is 16.1. The normalized spacial score (nSPS) is 23.8. The molecule has 0 spiro atoms. The molecule has 0 amide bonds. The molecule has 3 nitrogen and oxygen atoms in total. The van der Waals surface area contributed by atoms with Crippen molar-refractivity contribution in [2.24, 2.45) is 0 Å². The van der Waals surface area contributed by atoms with Gasteiger partial charge in [-0.2, -0.15) is 0 Å². The second-order valence-corrected chi connectivity index (χ2v) is 3.83. The van der Waals surface area contributed by atoms with Gasteiger partial charge in [0, 0.05) is 18.3 Å². The molecule has 1 aromatic rings. The summed E-state index contributed by atoms with van der Waals surface area (Å²) >= 11 is 0. The van der Waals surface area contributed by atoms with E-state index < -0.39 is 0 Å². The van der Waals surface area contributed by atoms with Crippen molar-refractivity contribution in [3.05, 3.63) is 30.1 Å². The fourth-order valence-corrected chi connectivity index (χ4v) is 1.91. The lowest BCUT2D eigenvalue weighted by Gasteiger charge is -2.27. The molecule has 2 heterocycles. The second-order valence-electron chi connectivity index (χ2n) is 3.83. The molecule has 0 bridgehead atoms. The Kier molecular flexibility index (Phi) is 2.59. The molecule has 1 aliphatic heterocycles. The average Bonchev–Trinajstić information content (AvgIpc) is 2.19. The number of hydrogen-bond donors (Lipinski definition) is 0. The van der Waals surface area contributed by atoms with Crippen molar-refractivity contribution < 1.29 is 4.79 Å². The fourth-order valence-electron chi connectivity index (χ4n) is 1.91. The van der Waals surface area contributed by atoms with Gasteiger partial charge in [0.05, 0.1) is 6.54 Å². The van der Waals surface area contributed by atoms with Crippen LogP contribution in [0.2, 0.25) is 0 Å². The lowest BCUT2D eigenvalue weighted by atomic mass is 9.89. The van der Waals surface area contributed by atoms with Crippen LogP contribution in [0, 0.1) is 0 Å². The summed E-state index contributed by atoms with van der Waals surface area (Å²) in [6.07, 6.45) is 4.43. The van der Waals surface area contributed by atoms with Crippen LogP contribution in [0.25, 0.3) is 0 Å². The maximum Gasteiger partial charge on any atom is 0.154 e. The number of carbonyl (C=O) groups is 1. The first kappa shape index (κ1) is 9.34. The van der Waals surface area contributed by atoms with Gasteiger partial charge in [0.1, 0.15) is 0 Å². The molecule has 1 saturated heterocycles. The van der Waals surface area contributed by atoms with Gasteiger partial charge in [-0.1, -0.05) is 0 Å². The van der Waals surface area contributed by atoms with Crippen molar-refractivity contribution in [3.8, 4) is 0 Å². The molecule has 1 aromatic heterocycles. The second kappa shape index (κ2) is 3.88. The van der Waals surface area contributed by atoms with Gasteiger partial charge >= 0.3 is 0 Å². The Hall–Kier alpha value is -1.22. The highest BCUT2D eigenvalue weighted by Gasteiger charge is 2.26. The first-order valence-corrected chi connectivity index (χ1v) is 4.88. The molecule has 0 saturated carbocycles. The predicted octanol–water partition coefficient (Wildman–Crippen LogP) is 1.07. The van der Waals surface area contributed by atoms with E-state index in [-0.39, 0.29) is 5.92 Å². The molecule has 1 aliphatic rings. The van der Waals surface area contributed by atoms with Crippen LogP contribution in [0.1, 0.15) is 17.9 Å². The molecular weight excluding hydrogens is 176 g/mol. The highest BCUT2D eigenvalue weighted by Crippen LogP contribution is 2.23. The molecule has 0 N–H and O–H groups in total. The summed E-state index contributed by atoms with van der Waals surface area (Å²) in [5.41, 5.74) is 1.11. The summed E-state index contributed by atoms with van der Waals surface area (Å²) in [7, 11) is 1.99. The molecule has 1 atom stereocenters. The van der Waals surface area contributed by atoms with Crippen LogP contribution in [0.4, 0.5) is 0 Å². The third-order valence-electron chi connectivity index (χ3n) is 2.72. The molecule has 0 radical (unpaired) electrons. The van der Waals surface area contributed by atoms with E-state index in [9.17, 15) is 4.79 Å². The number of carbonyl (C=O) groups excluding carboxylic acids is 1. The Morgan fingerprint density at radius 3 is 2.79 bits per heavy atom. The minimum absolute atomic E-state index is 0.0919. The standard InChI is InChI=1S/C11H14N2O/c1-13-7-4-10(11(14)8-13)9-2-5-12-6-3-9/h2-3,5-6,10H,4,7-8H2,1H3. The highest BCUT2D eigenvalue weighted by molar-refractivity contribution is 5.88. The molecular formula is C11H14N2O.